The fourth-order valence-electron chi connectivity index (χ4n) is 2.61. The fourth-order valence-corrected chi connectivity index (χ4v) is 2.99. The number of amides is 2. The fraction of sp³-hybridized carbons (Fsp3) is 0.846. The second-order valence-electron chi connectivity index (χ2n) is 5.54. The van der Waals surface area contributed by atoms with Crippen molar-refractivity contribution in [3.05, 3.63) is 0 Å². The summed E-state index contributed by atoms with van der Waals surface area (Å²) in [6.07, 6.45) is 4.16. The van der Waals surface area contributed by atoms with Crippen LogP contribution in [0.5, 0.6) is 0 Å². The number of nitrogens with one attached hydrogen (secondary N) is 1. The molecule has 102 valence electrons. The molecule has 2 aliphatic rings. The highest BCUT2D eigenvalue weighted by Gasteiger charge is 2.47. The van der Waals surface area contributed by atoms with Gasteiger partial charge in [0.25, 0.3) is 0 Å². The van der Waals surface area contributed by atoms with Gasteiger partial charge in [-0.05, 0) is 30.9 Å². The lowest BCUT2D eigenvalue weighted by atomic mass is 9.95. The Bertz CT molecular complexity index is 342. The van der Waals surface area contributed by atoms with Gasteiger partial charge in [0.15, 0.2) is 0 Å². The van der Waals surface area contributed by atoms with Gasteiger partial charge in [-0.15, -0.1) is 0 Å². The molecule has 0 aromatic carbocycles. The molecule has 1 N–H and O–H groups in total. The minimum Gasteiger partial charge on any atom is -0.342 e. The maximum Gasteiger partial charge on any atom is 0.246 e. The van der Waals surface area contributed by atoms with E-state index in [9.17, 15) is 9.59 Å². The first-order valence-corrected chi connectivity index (χ1v) is 8.05. The molecule has 18 heavy (non-hydrogen) atoms. The number of rotatable bonds is 5. The average molecular weight is 270 g/mol. The van der Waals surface area contributed by atoms with Crippen molar-refractivity contribution in [3.63, 3.8) is 0 Å². The van der Waals surface area contributed by atoms with Gasteiger partial charge in [0.2, 0.25) is 11.8 Å². The maximum atomic E-state index is 12.5. The predicted octanol–water partition coefficient (Wildman–Crippen LogP) is 1.11. The van der Waals surface area contributed by atoms with Crippen LogP contribution in [0.15, 0.2) is 0 Å². The lowest BCUT2D eigenvalue weighted by Gasteiger charge is -2.41. The summed E-state index contributed by atoms with van der Waals surface area (Å²) in [6.45, 7) is 4.68. The van der Waals surface area contributed by atoms with Crippen molar-refractivity contribution in [2.24, 2.45) is 11.8 Å². The molecule has 0 radical (unpaired) electrons. The van der Waals surface area contributed by atoms with Crippen LogP contribution in [0.3, 0.4) is 0 Å². The standard InChI is InChI=1S/C13H22N2O2S/c1-8(2)11-12(16)14-10(9-4-5-9)13(17)15(11)6-7-18-3/h8-11H,4-7H2,1-3H3,(H,14,16). The highest BCUT2D eigenvalue weighted by atomic mass is 32.2. The van der Waals surface area contributed by atoms with Crippen LogP contribution in [0.1, 0.15) is 26.7 Å². The van der Waals surface area contributed by atoms with Crippen LogP contribution in [-0.4, -0.2) is 47.4 Å². The van der Waals surface area contributed by atoms with Gasteiger partial charge in [-0.2, -0.15) is 11.8 Å². The van der Waals surface area contributed by atoms with E-state index >= 15 is 0 Å². The number of piperazine rings is 1. The highest BCUT2D eigenvalue weighted by molar-refractivity contribution is 7.98. The van der Waals surface area contributed by atoms with E-state index in [1.807, 2.05) is 25.0 Å². The quantitative estimate of drug-likeness (QED) is 0.814. The summed E-state index contributed by atoms with van der Waals surface area (Å²) in [7, 11) is 0. The van der Waals surface area contributed by atoms with Gasteiger partial charge >= 0.3 is 0 Å². The van der Waals surface area contributed by atoms with Crippen molar-refractivity contribution in [2.45, 2.75) is 38.8 Å². The van der Waals surface area contributed by atoms with E-state index in [0.717, 1.165) is 18.6 Å². The minimum absolute atomic E-state index is 0.0302. The molecule has 2 amide bonds. The van der Waals surface area contributed by atoms with Gasteiger partial charge in [-0.1, -0.05) is 13.8 Å². The molecule has 0 aromatic heterocycles. The van der Waals surface area contributed by atoms with Gasteiger partial charge in [0, 0.05) is 12.3 Å². The van der Waals surface area contributed by atoms with Gasteiger partial charge in [0.1, 0.15) is 12.1 Å². The number of nitrogens with zero attached hydrogens (tertiary/aromatic N) is 1. The smallest absolute Gasteiger partial charge is 0.246 e. The first-order chi connectivity index (χ1) is 8.56. The third-order valence-electron chi connectivity index (χ3n) is 3.71. The summed E-state index contributed by atoms with van der Waals surface area (Å²) in [6, 6.07) is -0.547. The molecule has 1 saturated heterocycles. The van der Waals surface area contributed by atoms with Crippen LogP contribution in [0, 0.1) is 11.8 Å². The van der Waals surface area contributed by atoms with Gasteiger partial charge in [-0.3, -0.25) is 9.59 Å². The van der Waals surface area contributed by atoms with Crippen molar-refractivity contribution < 1.29 is 9.59 Å². The third-order valence-corrected chi connectivity index (χ3v) is 4.30. The van der Waals surface area contributed by atoms with Gasteiger partial charge in [-0.25, -0.2) is 0 Å². The average Bonchev–Trinajstić information content (AvgIpc) is 3.12. The lowest BCUT2D eigenvalue weighted by molar-refractivity contribution is -0.151. The van der Waals surface area contributed by atoms with E-state index in [1.165, 1.54) is 0 Å². The third kappa shape index (κ3) is 2.66. The molecule has 1 saturated carbocycles. The van der Waals surface area contributed by atoms with Crippen molar-refractivity contribution in [3.8, 4) is 0 Å². The molecule has 2 atom stereocenters. The molecule has 0 aromatic rings. The highest BCUT2D eigenvalue weighted by Crippen LogP contribution is 2.35. The van der Waals surface area contributed by atoms with Crippen LogP contribution in [0.25, 0.3) is 0 Å². The topological polar surface area (TPSA) is 49.4 Å². The molecular weight excluding hydrogens is 248 g/mol. The summed E-state index contributed by atoms with van der Waals surface area (Å²) in [5.74, 6) is 1.59. The Morgan fingerprint density at radius 1 is 1.39 bits per heavy atom. The second-order valence-corrected chi connectivity index (χ2v) is 6.52. The molecule has 2 unspecified atom stereocenters. The molecular formula is C13H22N2O2S. The number of carbonyl (C=O) groups is 2. The molecule has 2 rings (SSSR count). The Hall–Kier alpha value is -0.710. The minimum atomic E-state index is -0.292. The van der Waals surface area contributed by atoms with Gasteiger partial charge in [0.05, 0.1) is 0 Å². The van der Waals surface area contributed by atoms with E-state index in [4.69, 9.17) is 0 Å². The van der Waals surface area contributed by atoms with Crippen LogP contribution < -0.4 is 5.32 Å². The van der Waals surface area contributed by atoms with Crippen molar-refractivity contribution in [1.29, 1.82) is 0 Å². The van der Waals surface area contributed by atoms with Crippen LogP contribution in [0.4, 0.5) is 0 Å². The molecule has 5 heteroatoms. The normalized spacial score (nSPS) is 28.8. The van der Waals surface area contributed by atoms with Crippen LogP contribution in [0.2, 0.25) is 0 Å². The van der Waals surface area contributed by atoms with E-state index in [2.05, 4.69) is 5.32 Å². The molecule has 0 bridgehead atoms. The number of thioether (sulfide) groups is 1. The van der Waals surface area contributed by atoms with E-state index < -0.39 is 0 Å². The Morgan fingerprint density at radius 3 is 2.56 bits per heavy atom. The molecule has 4 nitrogen and oxygen atoms in total. The molecule has 0 spiro atoms. The van der Waals surface area contributed by atoms with Crippen molar-refractivity contribution in [2.75, 3.05) is 18.6 Å². The Kier molecular flexibility index (Phi) is 4.20. The number of carbonyl (C=O) groups excluding carboxylic acids is 2. The largest absolute Gasteiger partial charge is 0.342 e. The zero-order valence-corrected chi connectivity index (χ0v) is 12.1. The first-order valence-electron chi connectivity index (χ1n) is 6.66. The van der Waals surface area contributed by atoms with E-state index in [0.29, 0.717) is 12.5 Å². The van der Waals surface area contributed by atoms with E-state index in [1.54, 1.807) is 11.8 Å². The summed E-state index contributed by atoms with van der Waals surface area (Å²) >= 11 is 1.71. The Morgan fingerprint density at radius 2 is 2.06 bits per heavy atom. The molecule has 2 fully saturated rings. The first kappa shape index (κ1) is 13.7. The number of hydrogen-bond donors (Lipinski definition) is 1. The Labute approximate surface area is 113 Å². The summed E-state index contributed by atoms with van der Waals surface area (Å²) in [5.41, 5.74) is 0. The second kappa shape index (κ2) is 5.51. The van der Waals surface area contributed by atoms with Crippen LogP contribution >= 0.6 is 11.8 Å². The zero-order valence-electron chi connectivity index (χ0n) is 11.3. The lowest BCUT2D eigenvalue weighted by Crippen LogP contribution is -2.65. The van der Waals surface area contributed by atoms with Crippen molar-refractivity contribution >= 4 is 23.6 Å². The molecule has 1 aliphatic carbocycles. The SMILES string of the molecule is CSCCN1C(=O)C(C2CC2)NC(=O)C1C(C)C. The predicted molar refractivity (Wildman–Crippen MR) is 73.4 cm³/mol. The number of hydrogen-bond acceptors (Lipinski definition) is 3. The molecule has 1 aliphatic heterocycles. The summed E-state index contributed by atoms with van der Waals surface area (Å²) < 4.78 is 0. The van der Waals surface area contributed by atoms with Crippen LogP contribution in [-0.2, 0) is 9.59 Å². The summed E-state index contributed by atoms with van der Waals surface area (Å²) in [4.78, 5) is 26.5. The molecule has 1 heterocycles. The van der Waals surface area contributed by atoms with Crippen molar-refractivity contribution in [1.82, 2.24) is 10.2 Å². The van der Waals surface area contributed by atoms with E-state index in [-0.39, 0.29) is 29.8 Å². The Balaban J connectivity index is 2.14. The maximum absolute atomic E-state index is 12.5. The van der Waals surface area contributed by atoms with Gasteiger partial charge < -0.3 is 10.2 Å². The summed E-state index contributed by atoms with van der Waals surface area (Å²) in [5, 5.41) is 2.93. The zero-order chi connectivity index (χ0) is 13.3. The monoisotopic (exact) mass is 270 g/mol.